The molecule has 2 fully saturated rings. The van der Waals surface area contributed by atoms with Crippen LogP contribution in [-0.4, -0.2) is 46.9 Å². The van der Waals surface area contributed by atoms with Crippen molar-refractivity contribution in [3.8, 4) is 0 Å². The van der Waals surface area contributed by atoms with Crippen molar-refractivity contribution in [3.63, 3.8) is 0 Å². The third-order valence-electron chi connectivity index (χ3n) is 6.63. The van der Waals surface area contributed by atoms with Gasteiger partial charge in [0.15, 0.2) is 0 Å². The quantitative estimate of drug-likeness (QED) is 0.776. The first-order valence-corrected chi connectivity index (χ1v) is 10.3. The number of carbonyl (C=O) groups is 1. The second-order valence-electron chi connectivity index (χ2n) is 8.42. The lowest BCUT2D eigenvalue weighted by atomic mass is 9.79. The van der Waals surface area contributed by atoms with Gasteiger partial charge in [0, 0.05) is 32.0 Å². The van der Waals surface area contributed by atoms with Crippen molar-refractivity contribution >= 4 is 5.91 Å². The maximum atomic E-state index is 13.2. The maximum absolute atomic E-state index is 13.2. The number of rotatable bonds is 4. The number of hydrogen-bond acceptors (Lipinski definition) is 3. The number of hydrogen-bond donors (Lipinski definition) is 0. The Kier molecular flexibility index (Phi) is 5.39. The van der Waals surface area contributed by atoms with E-state index in [2.05, 4.69) is 33.0 Å². The van der Waals surface area contributed by atoms with E-state index in [1.165, 1.54) is 25.8 Å². The van der Waals surface area contributed by atoms with E-state index >= 15 is 0 Å². The molecule has 1 aromatic rings. The van der Waals surface area contributed by atoms with Gasteiger partial charge in [0.25, 0.3) is 0 Å². The second kappa shape index (κ2) is 7.91. The van der Waals surface area contributed by atoms with E-state index in [0.717, 1.165) is 56.8 Å². The zero-order chi connectivity index (χ0) is 17.8. The summed E-state index contributed by atoms with van der Waals surface area (Å²) in [5.41, 5.74) is 1.04. The normalized spacial score (nSPS) is 30.1. The van der Waals surface area contributed by atoms with Crippen molar-refractivity contribution < 1.29 is 4.79 Å². The lowest BCUT2D eigenvalue weighted by Crippen LogP contribution is -2.36. The minimum atomic E-state index is -0.0938. The fourth-order valence-electron chi connectivity index (χ4n) is 5.04. The monoisotopic (exact) mass is 353 g/mol. The molecule has 0 aromatic carbocycles. The van der Waals surface area contributed by atoms with Crippen molar-refractivity contribution in [2.45, 2.75) is 51.5 Å². The minimum Gasteiger partial charge on any atom is -0.338 e. The molecule has 1 aromatic heterocycles. The average molecular weight is 354 g/mol. The molecule has 3 aliphatic rings. The molecule has 4 rings (SSSR count). The smallest absolute Gasteiger partial charge is 0.229 e. The van der Waals surface area contributed by atoms with Gasteiger partial charge in [-0.05, 0) is 75.6 Å². The first-order chi connectivity index (χ1) is 12.8. The van der Waals surface area contributed by atoms with Crippen LogP contribution in [0.3, 0.4) is 0 Å². The zero-order valence-corrected chi connectivity index (χ0v) is 15.8. The molecule has 4 heteroatoms. The van der Waals surface area contributed by atoms with Crippen LogP contribution >= 0.6 is 0 Å². The molecule has 2 saturated heterocycles. The lowest BCUT2D eigenvalue weighted by molar-refractivity contribution is -0.137. The molecule has 0 radical (unpaired) electrons. The number of amides is 1. The van der Waals surface area contributed by atoms with E-state index in [1.807, 2.05) is 12.3 Å². The van der Waals surface area contributed by atoms with Gasteiger partial charge < -0.3 is 9.80 Å². The summed E-state index contributed by atoms with van der Waals surface area (Å²) in [7, 11) is 0. The Morgan fingerprint density at radius 1 is 1.15 bits per heavy atom. The predicted octanol–water partition coefficient (Wildman–Crippen LogP) is 3.64. The van der Waals surface area contributed by atoms with Crippen LogP contribution in [0, 0.1) is 11.3 Å². The highest BCUT2D eigenvalue weighted by molar-refractivity contribution is 5.84. The van der Waals surface area contributed by atoms with Crippen LogP contribution < -0.4 is 0 Å². The van der Waals surface area contributed by atoms with Crippen LogP contribution in [-0.2, 0) is 11.3 Å². The lowest BCUT2D eigenvalue weighted by Gasteiger charge is -2.28. The Labute approximate surface area is 157 Å². The van der Waals surface area contributed by atoms with Crippen molar-refractivity contribution in [1.82, 2.24) is 14.8 Å². The Balaban J connectivity index is 1.35. The Hall–Kier alpha value is -1.68. The van der Waals surface area contributed by atoms with E-state index in [9.17, 15) is 4.79 Å². The molecule has 1 spiro atoms. The van der Waals surface area contributed by atoms with E-state index < -0.39 is 0 Å². The average Bonchev–Trinajstić information content (AvgIpc) is 2.85. The Morgan fingerprint density at radius 2 is 2.08 bits per heavy atom. The predicted molar refractivity (Wildman–Crippen MR) is 103 cm³/mol. The van der Waals surface area contributed by atoms with Gasteiger partial charge in [-0.15, -0.1) is 0 Å². The summed E-state index contributed by atoms with van der Waals surface area (Å²) in [5, 5.41) is 0. The van der Waals surface area contributed by atoms with Crippen LogP contribution in [0.25, 0.3) is 0 Å². The highest BCUT2D eigenvalue weighted by atomic mass is 16.2. The third-order valence-corrected chi connectivity index (χ3v) is 6.63. The van der Waals surface area contributed by atoms with Gasteiger partial charge in [0.2, 0.25) is 5.91 Å². The molecule has 2 aliphatic heterocycles. The van der Waals surface area contributed by atoms with E-state index in [0.29, 0.717) is 12.5 Å². The van der Waals surface area contributed by atoms with Crippen LogP contribution in [0.1, 0.15) is 50.5 Å². The summed E-state index contributed by atoms with van der Waals surface area (Å²) in [6, 6.07) is 4.02. The van der Waals surface area contributed by atoms with Crippen molar-refractivity contribution in [3.05, 3.63) is 42.2 Å². The molecule has 2 unspecified atom stereocenters. The molecule has 2 atom stereocenters. The number of aromatic nitrogens is 1. The Bertz CT molecular complexity index is 644. The van der Waals surface area contributed by atoms with Crippen LogP contribution in [0.2, 0.25) is 0 Å². The topological polar surface area (TPSA) is 36.4 Å². The first kappa shape index (κ1) is 17.7. The molecule has 0 bridgehead atoms. The van der Waals surface area contributed by atoms with Gasteiger partial charge in [0.1, 0.15) is 0 Å². The van der Waals surface area contributed by atoms with Crippen LogP contribution in [0.5, 0.6) is 0 Å². The van der Waals surface area contributed by atoms with Gasteiger partial charge in [-0.1, -0.05) is 18.2 Å². The van der Waals surface area contributed by atoms with Gasteiger partial charge in [-0.3, -0.25) is 9.78 Å². The number of allylic oxidation sites excluding steroid dienone is 2. The fraction of sp³-hybridized carbons (Fsp3) is 0.636. The molecule has 4 nitrogen and oxygen atoms in total. The van der Waals surface area contributed by atoms with Gasteiger partial charge >= 0.3 is 0 Å². The molecular weight excluding hydrogens is 322 g/mol. The number of nitrogens with zero attached hydrogens (tertiary/aromatic N) is 3. The second-order valence-corrected chi connectivity index (χ2v) is 8.42. The van der Waals surface area contributed by atoms with Crippen molar-refractivity contribution in [2.75, 3.05) is 26.2 Å². The van der Waals surface area contributed by atoms with Gasteiger partial charge in [-0.25, -0.2) is 0 Å². The molecule has 3 heterocycles. The van der Waals surface area contributed by atoms with Crippen LogP contribution in [0.4, 0.5) is 0 Å². The zero-order valence-electron chi connectivity index (χ0n) is 15.8. The SMILES string of the molecule is O=C1N(Cc2cccnc2)CCC12CCCN(CC1CC=CCC1)CC2. The Morgan fingerprint density at radius 3 is 2.88 bits per heavy atom. The summed E-state index contributed by atoms with van der Waals surface area (Å²) in [6.07, 6.45) is 16.5. The molecule has 1 amide bonds. The molecule has 26 heavy (non-hydrogen) atoms. The third kappa shape index (κ3) is 3.85. The molecule has 0 N–H and O–H groups in total. The molecule has 1 aliphatic carbocycles. The molecular formula is C22H31N3O. The summed E-state index contributed by atoms with van der Waals surface area (Å²) in [4.78, 5) is 22.1. The van der Waals surface area contributed by atoms with Crippen molar-refractivity contribution in [2.24, 2.45) is 11.3 Å². The largest absolute Gasteiger partial charge is 0.338 e. The highest BCUT2D eigenvalue weighted by Gasteiger charge is 2.46. The summed E-state index contributed by atoms with van der Waals surface area (Å²) in [6.45, 7) is 5.09. The first-order valence-electron chi connectivity index (χ1n) is 10.3. The van der Waals surface area contributed by atoms with E-state index in [4.69, 9.17) is 0 Å². The number of likely N-dealkylation sites (tertiary alicyclic amines) is 2. The maximum Gasteiger partial charge on any atom is 0.229 e. The van der Waals surface area contributed by atoms with Gasteiger partial charge in [-0.2, -0.15) is 0 Å². The fourth-order valence-corrected chi connectivity index (χ4v) is 5.04. The van der Waals surface area contributed by atoms with Gasteiger partial charge in [0.05, 0.1) is 5.41 Å². The van der Waals surface area contributed by atoms with Crippen molar-refractivity contribution in [1.29, 1.82) is 0 Å². The molecule has 140 valence electrons. The highest BCUT2D eigenvalue weighted by Crippen LogP contribution is 2.42. The number of pyridine rings is 1. The molecule has 0 saturated carbocycles. The van der Waals surface area contributed by atoms with Crippen LogP contribution in [0.15, 0.2) is 36.7 Å². The summed E-state index contributed by atoms with van der Waals surface area (Å²) in [5.74, 6) is 1.21. The standard InChI is InChI=1S/C22H31N3O/c26-21-22(11-15-25(21)18-20-8-4-12-23-16-20)9-5-13-24(14-10-22)17-19-6-2-1-3-7-19/h1-2,4,8,12,16,19H,3,5-7,9-11,13-15,17-18H2. The minimum absolute atomic E-state index is 0.0938. The van der Waals surface area contributed by atoms with E-state index in [-0.39, 0.29) is 5.41 Å². The summed E-state index contributed by atoms with van der Waals surface area (Å²) < 4.78 is 0. The number of carbonyl (C=O) groups excluding carboxylic acids is 1. The van der Waals surface area contributed by atoms with E-state index in [1.54, 1.807) is 6.20 Å². The summed E-state index contributed by atoms with van der Waals surface area (Å²) >= 11 is 0.